The molecule has 0 spiro atoms. The predicted octanol–water partition coefficient (Wildman–Crippen LogP) is 1.75. The molecule has 0 saturated carbocycles. The highest BCUT2D eigenvalue weighted by Crippen LogP contribution is 2.24. The number of carbonyl (C=O) groups excluding carboxylic acids is 1. The largest absolute Gasteiger partial charge is 0.464 e. The van der Waals surface area contributed by atoms with Gasteiger partial charge in [-0.1, -0.05) is 12.1 Å². The van der Waals surface area contributed by atoms with Crippen molar-refractivity contribution < 1.29 is 9.53 Å². The molecular weight excluding hydrogens is 228 g/mol. The Morgan fingerprint density at radius 2 is 1.89 bits per heavy atom. The lowest BCUT2D eigenvalue weighted by Crippen LogP contribution is -2.45. The summed E-state index contributed by atoms with van der Waals surface area (Å²) in [6, 6.07) is 7.87. The van der Waals surface area contributed by atoms with Crippen molar-refractivity contribution in [3.63, 3.8) is 0 Å². The number of esters is 1. The van der Waals surface area contributed by atoms with E-state index in [2.05, 4.69) is 5.32 Å². The van der Waals surface area contributed by atoms with Crippen LogP contribution >= 0.6 is 0 Å². The molecule has 0 amide bonds. The summed E-state index contributed by atoms with van der Waals surface area (Å²) in [6.45, 7) is 4.02. The molecule has 1 aromatic rings. The quantitative estimate of drug-likeness (QED) is 0.808. The van der Waals surface area contributed by atoms with Crippen molar-refractivity contribution in [3.05, 3.63) is 29.8 Å². The minimum absolute atomic E-state index is 0.259. The molecule has 18 heavy (non-hydrogen) atoms. The van der Waals surface area contributed by atoms with Crippen molar-refractivity contribution in [2.24, 2.45) is 0 Å². The van der Waals surface area contributed by atoms with Crippen LogP contribution in [0.3, 0.4) is 0 Å². The van der Waals surface area contributed by atoms with Crippen LogP contribution in [0.5, 0.6) is 0 Å². The SMILES string of the molecule is CCOC(=O)C(C)(NC)c1ccc(N(C)C)cc1. The molecule has 1 N–H and O–H groups in total. The van der Waals surface area contributed by atoms with Crippen molar-refractivity contribution in [1.82, 2.24) is 5.32 Å². The van der Waals surface area contributed by atoms with Gasteiger partial charge in [-0.05, 0) is 38.6 Å². The van der Waals surface area contributed by atoms with E-state index in [9.17, 15) is 4.79 Å². The summed E-state index contributed by atoms with van der Waals surface area (Å²) in [5.74, 6) is -0.259. The Morgan fingerprint density at radius 1 is 1.33 bits per heavy atom. The van der Waals surface area contributed by atoms with E-state index >= 15 is 0 Å². The van der Waals surface area contributed by atoms with E-state index in [4.69, 9.17) is 4.74 Å². The van der Waals surface area contributed by atoms with Crippen LogP contribution in [0.4, 0.5) is 5.69 Å². The van der Waals surface area contributed by atoms with Crippen LogP contribution < -0.4 is 10.2 Å². The molecule has 1 aromatic carbocycles. The van der Waals surface area contributed by atoms with Crippen LogP contribution in [0, 0.1) is 0 Å². The van der Waals surface area contributed by atoms with Crippen molar-refractivity contribution in [3.8, 4) is 0 Å². The molecule has 1 rings (SSSR count). The molecule has 1 unspecified atom stereocenters. The Kier molecular flexibility index (Phi) is 4.73. The van der Waals surface area contributed by atoms with Crippen LogP contribution in [-0.4, -0.2) is 33.7 Å². The summed E-state index contributed by atoms with van der Waals surface area (Å²) in [4.78, 5) is 14.0. The van der Waals surface area contributed by atoms with Gasteiger partial charge in [0.1, 0.15) is 5.54 Å². The molecule has 4 heteroatoms. The lowest BCUT2D eigenvalue weighted by Gasteiger charge is -2.27. The van der Waals surface area contributed by atoms with Gasteiger partial charge in [-0.25, -0.2) is 4.79 Å². The van der Waals surface area contributed by atoms with Gasteiger partial charge in [0.15, 0.2) is 0 Å². The first kappa shape index (κ1) is 14.5. The highest BCUT2D eigenvalue weighted by molar-refractivity contribution is 5.82. The number of benzene rings is 1. The molecule has 0 bridgehead atoms. The monoisotopic (exact) mass is 250 g/mol. The molecular formula is C14H22N2O2. The van der Waals surface area contributed by atoms with Gasteiger partial charge < -0.3 is 15.0 Å². The molecule has 0 aliphatic rings. The van der Waals surface area contributed by atoms with E-state index in [1.54, 1.807) is 7.05 Å². The normalized spacial score (nSPS) is 13.8. The summed E-state index contributed by atoms with van der Waals surface area (Å²) in [5, 5.41) is 3.04. The zero-order chi connectivity index (χ0) is 13.8. The maximum Gasteiger partial charge on any atom is 0.330 e. The van der Waals surface area contributed by atoms with E-state index in [0.29, 0.717) is 6.61 Å². The zero-order valence-electron chi connectivity index (χ0n) is 11.8. The first-order valence-electron chi connectivity index (χ1n) is 6.09. The summed E-state index contributed by atoms with van der Waals surface area (Å²) in [5.41, 5.74) is 1.19. The predicted molar refractivity (Wildman–Crippen MR) is 73.8 cm³/mol. The van der Waals surface area contributed by atoms with Gasteiger partial charge in [-0.15, -0.1) is 0 Å². The number of hydrogen-bond donors (Lipinski definition) is 1. The van der Waals surface area contributed by atoms with Gasteiger partial charge >= 0.3 is 5.97 Å². The highest BCUT2D eigenvalue weighted by Gasteiger charge is 2.34. The topological polar surface area (TPSA) is 41.6 Å². The highest BCUT2D eigenvalue weighted by atomic mass is 16.5. The van der Waals surface area contributed by atoms with E-state index in [0.717, 1.165) is 11.3 Å². The average molecular weight is 250 g/mol. The van der Waals surface area contributed by atoms with Crippen molar-refractivity contribution >= 4 is 11.7 Å². The van der Waals surface area contributed by atoms with Gasteiger partial charge in [0.2, 0.25) is 0 Å². The summed E-state index contributed by atoms with van der Waals surface area (Å²) in [7, 11) is 5.73. The van der Waals surface area contributed by atoms with Crippen molar-refractivity contribution in [2.75, 3.05) is 32.6 Å². The standard InChI is InChI=1S/C14H22N2O2/c1-6-18-13(17)14(2,15-3)11-7-9-12(10-8-11)16(4)5/h7-10,15H,6H2,1-5H3. The minimum atomic E-state index is -0.805. The first-order valence-corrected chi connectivity index (χ1v) is 6.09. The van der Waals surface area contributed by atoms with Crippen LogP contribution in [-0.2, 0) is 15.1 Å². The third kappa shape index (κ3) is 2.82. The third-order valence-corrected chi connectivity index (χ3v) is 3.14. The molecule has 0 radical (unpaired) electrons. The smallest absolute Gasteiger partial charge is 0.330 e. The lowest BCUT2D eigenvalue weighted by molar-refractivity contribution is -0.150. The molecule has 1 atom stereocenters. The Labute approximate surface area is 109 Å². The summed E-state index contributed by atoms with van der Waals surface area (Å²) in [6.07, 6.45) is 0. The number of nitrogens with zero attached hydrogens (tertiary/aromatic N) is 1. The molecule has 0 aliphatic heterocycles. The molecule has 0 heterocycles. The number of rotatable bonds is 5. The minimum Gasteiger partial charge on any atom is -0.464 e. The van der Waals surface area contributed by atoms with E-state index in [1.807, 2.05) is 57.1 Å². The Morgan fingerprint density at radius 3 is 2.28 bits per heavy atom. The number of anilines is 1. The Bertz CT molecular complexity index is 401. The van der Waals surface area contributed by atoms with Gasteiger partial charge in [0, 0.05) is 19.8 Å². The van der Waals surface area contributed by atoms with Crippen molar-refractivity contribution in [2.45, 2.75) is 19.4 Å². The van der Waals surface area contributed by atoms with Gasteiger partial charge in [-0.2, -0.15) is 0 Å². The molecule has 100 valence electrons. The molecule has 0 saturated heterocycles. The number of hydrogen-bond acceptors (Lipinski definition) is 4. The lowest BCUT2D eigenvalue weighted by atomic mass is 9.92. The summed E-state index contributed by atoms with van der Waals surface area (Å²) >= 11 is 0. The van der Waals surface area contributed by atoms with Crippen LogP contribution in [0.15, 0.2) is 24.3 Å². The zero-order valence-corrected chi connectivity index (χ0v) is 11.8. The van der Waals surface area contributed by atoms with Gasteiger partial charge in [0.25, 0.3) is 0 Å². The fraction of sp³-hybridized carbons (Fsp3) is 0.500. The maximum absolute atomic E-state index is 12.0. The van der Waals surface area contributed by atoms with Crippen molar-refractivity contribution in [1.29, 1.82) is 0 Å². The maximum atomic E-state index is 12.0. The Balaban J connectivity index is 3.04. The van der Waals surface area contributed by atoms with Crippen LogP contribution in [0.1, 0.15) is 19.4 Å². The number of ether oxygens (including phenoxy) is 1. The molecule has 0 fully saturated rings. The third-order valence-electron chi connectivity index (χ3n) is 3.14. The van der Waals surface area contributed by atoms with Crippen LogP contribution in [0.2, 0.25) is 0 Å². The fourth-order valence-corrected chi connectivity index (χ4v) is 1.73. The fourth-order valence-electron chi connectivity index (χ4n) is 1.73. The average Bonchev–Trinajstić information content (AvgIpc) is 2.38. The second kappa shape index (κ2) is 5.87. The molecule has 0 aliphatic carbocycles. The molecule has 4 nitrogen and oxygen atoms in total. The number of carbonyl (C=O) groups is 1. The number of likely N-dealkylation sites (N-methyl/N-ethyl adjacent to an activating group) is 1. The Hall–Kier alpha value is -1.55. The second-order valence-electron chi connectivity index (χ2n) is 4.54. The number of nitrogens with one attached hydrogen (secondary N) is 1. The molecule has 0 aromatic heterocycles. The van der Waals surface area contributed by atoms with Gasteiger partial charge in [0.05, 0.1) is 6.61 Å². The van der Waals surface area contributed by atoms with E-state index in [-0.39, 0.29) is 5.97 Å². The van der Waals surface area contributed by atoms with E-state index in [1.165, 1.54) is 0 Å². The second-order valence-corrected chi connectivity index (χ2v) is 4.54. The van der Waals surface area contributed by atoms with Gasteiger partial charge in [-0.3, -0.25) is 0 Å². The van der Waals surface area contributed by atoms with E-state index < -0.39 is 5.54 Å². The van der Waals surface area contributed by atoms with Crippen LogP contribution in [0.25, 0.3) is 0 Å². The summed E-state index contributed by atoms with van der Waals surface area (Å²) < 4.78 is 5.12. The first-order chi connectivity index (χ1) is 8.45.